The summed E-state index contributed by atoms with van der Waals surface area (Å²) in [5, 5.41) is 5.41. The van der Waals surface area contributed by atoms with Crippen molar-refractivity contribution in [3.05, 3.63) is 75.6 Å². The summed E-state index contributed by atoms with van der Waals surface area (Å²) in [6, 6.07) is 14.4. The van der Waals surface area contributed by atoms with Gasteiger partial charge in [0.2, 0.25) is 5.89 Å². The molecule has 2 heterocycles. The molecule has 0 fully saturated rings. The van der Waals surface area contributed by atoms with Crippen LogP contribution in [0.4, 0.5) is 0 Å². The fraction of sp³-hybridized carbons (Fsp3) is 0.111. The molecule has 0 saturated carbocycles. The van der Waals surface area contributed by atoms with E-state index in [0.717, 1.165) is 0 Å². The van der Waals surface area contributed by atoms with Gasteiger partial charge < -0.3 is 4.52 Å². The van der Waals surface area contributed by atoms with Crippen molar-refractivity contribution in [2.75, 3.05) is 0 Å². The predicted octanol–water partition coefficient (Wildman–Crippen LogP) is 4.02. The number of fused-ring (bicyclic) bond motifs is 1. The highest BCUT2D eigenvalue weighted by atomic mass is 35.5. The number of halogens is 1. The number of para-hydroxylation sites is 1. The Hall–Kier alpha value is -2.64. The molecule has 6 nitrogen and oxygen atoms in total. The van der Waals surface area contributed by atoms with E-state index >= 15 is 0 Å². The molecular weight excluding hydrogens is 372 g/mol. The van der Waals surface area contributed by atoms with Crippen LogP contribution in [0.3, 0.4) is 0 Å². The molecule has 8 heteroatoms. The fourth-order valence-electron chi connectivity index (χ4n) is 2.58. The summed E-state index contributed by atoms with van der Waals surface area (Å²) < 4.78 is 6.71. The molecule has 0 bridgehead atoms. The largest absolute Gasteiger partial charge is 0.338 e. The molecule has 26 heavy (non-hydrogen) atoms. The molecular formula is C18H13ClN4O2S. The second-order valence-corrected chi connectivity index (χ2v) is 6.93. The van der Waals surface area contributed by atoms with Gasteiger partial charge in [-0.1, -0.05) is 46.7 Å². The molecule has 0 aliphatic rings. The predicted molar refractivity (Wildman–Crippen MR) is 101 cm³/mol. The Bertz CT molecular complexity index is 1160. The summed E-state index contributed by atoms with van der Waals surface area (Å²) in [5.41, 5.74) is 1.15. The minimum atomic E-state index is -0.151. The van der Waals surface area contributed by atoms with Crippen molar-refractivity contribution < 1.29 is 4.52 Å². The lowest BCUT2D eigenvalue weighted by Crippen LogP contribution is -2.21. The van der Waals surface area contributed by atoms with Crippen molar-refractivity contribution in [2.45, 2.75) is 17.8 Å². The number of thioether (sulfide) groups is 1. The zero-order chi connectivity index (χ0) is 18.1. The van der Waals surface area contributed by atoms with E-state index in [9.17, 15) is 4.79 Å². The fourth-order valence-corrected chi connectivity index (χ4v) is 3.61. The maximum Gasteiger partial charge on any atom is 0.266 e. The lowest BCUT2D eigenvalue weighted by Gasteiger charge is -2.12. The van der Waals surface area contributed by atoms with Crippen LogP contribution in [0.5, 0.6) is 0 Å². The van der Waals surface area contributed by atoms with E-state index in [-0.39, 0.29) is 5.56 Å². The zero-order valence-corrected chi connectivity index (χ0v) is 15.3. The topological polar surface area (TPSA) is 73.8 Å². The third kappa shape index (κ3) is 3.23. The summed E-state index contributed by atoms with van der Waals surface area (Å²) in [4.78, 5) is 21.9. The van der Waals surface area contributed by atoms with Gasteiger partial charge in [-0.3, -0.25) is 9.36 Å². The second kappa shape index (κ2) is 6.93. The van der Waals surface area contributed by atoms with Gasteiger partial charge in [-0.05, 0) is 37.3 Å². The van der Waals surface area contributed by atoms with Gasteiger partial charge in [-0.15, -0.1) is 0 Å². The van der Waals surface area contributed by atoms with E-state index in [1.165, 1.54) is 11.8 Å². The van der Waals surface area contributed by atoms with E-state index in [4.69, 9.17) is 16.1 Å². The van der Waals surface area contributed by atoms with Crippen molar-refractivity contribution >= 4 is 34.3 Å². The van der Waals surface area contributed by atoms with Crippen LogP contribution in [0.15, 0.2) is 63.0 Å². The van der Waals surface area contributed by atoms with Crippen molar-refractivity contribution in [2.24, 2.45) is 0 Å². The van der Waals surface area contributed by atoms with Crippen LogP contribution < -0.4 is 5.56 Å². The second-order valence-electron chi connectivity index (χ2n) is 5.56. The van der Waals surface area contributed by atoms with Gasteiger partial charge in [-0.2, -0.15) is 4.98 Å². The van der Waals surface area contributed by atoms with Crippen molar-refractivity contribution in [3.63, 3.8) is 0 Å². The van der Waals surface area contributed by atoms with Crippen LogP contribution >= 0.6 is 23.4 Å². The Morgan fingerprint density at radius 2 is 2.00 bits per heavy atom. The number of benzene rings is 2. The van der Waals surface area contributed by atoms with E-state index in [1.807, 2.05) is 24.3 Å². The normalized spacial score (nSPS) is 11.2. The highest BCUT2D eigenvalue weighted by Crippen LogP contribution is 2.25. The van der Waals surface area contributed by atoms with E-state index in [1.54, 1.807) is 35.8 Å². The minimum Gasteiger partial charge on any atom is -0.338 e. The molecule has 0 aliphatic heterocycles. The molecule has 0 saturated heterocycles. The van der Waals surface area contributed by atoms with Crippen LogP contribution in [-0.2, 0) is 5.75 Å². The SMILES string of the molecule is Cc1noc(CSc2nc3ccccc3c(=O)n2-c2cccc(Cl)c2)n1. The lowest BCUT2D eigenvalue weighted by molar-refractivity contribution is 0.387. The maximum atomic E-state index is 13.1. The molecule has 0 atom stereocenters. The molecule has 0 spiro atoms. The number of rotatable bonds is 4. The molecule has 0 radical (unpaired) electrons. The molecule has 0 aliphatic carbocycles. The molecule has 0 amide bonds. The summed E-state index contributed by atoms with van der Waals surface area (Å²) in [6.45, 7) is 1.76. The van der Waals surface area contributed by atoms with Crippen LogP contribution in [0, 0.1) is 6.92 Å². The molecule has 4 rings (SSSR count). The average molecular weight is 385 g/mol. The quantitative estimate of drug-likeness (QED) is 0.391. The number of aromatic nitrogens is 4. The van der Waals surface area contributed by atoms with Crippen molar-refractivity contribution in [3.8, 4) is 5.69 Å². The highest BCUT2D eigenvalue weighted by molar-refractivity contribution is 7.98. The summed E-state index contributed by atoms with van der Waals surface area (Å²) in [5.74, 6) is 1.46. The Labute approximate surface area is 157 Å². The van der Waals surface area contributed by atoms with Crippen LogP contribution in [0.2, 0.25) is 5.02 Å². The van der Waals surface area contributed by atoms with E-state index < -0.39 is 0 Å². The van der Waals surface area contributed by atoms with Crippen LogP contribution in [-0.4, -0.2) is 19.7 Å². The summed E-state index contributed by atoms with van der Waals surface area (Å²) >= 11 is 7.47. The van der Waals surface area contributed by atoms with Crippen LogP contribution in [0.1, 0.15) is 11.7 Å². The van der Waals surface area contributed by atoms with Gasteiger partial charge in [0.1, 0.15) is 0 Å². The first kappa shape index (κ1) is 16.8. The first-order valence-corrected chi connectivity index (χ1v) is 9.18. The van der Waals surface area contributed by atoms with Crippen molar-refractivity contribution in [1.82, 2.24) is 19.7 Å². The Kier molecular flexibility index (Phi) is 4.48. The standard InChI is InChI=1S/C18H13ClN4O2S/c1-11-20-16(25-22-11)10-26-18-21-15-8-3-2-7-14(15)17(24)23(18)13-6-4-5-12(19)9-13/h2-9H,10H2,1H3. The lowest BCUT2D eigenvalue weighted by atomic mass is 10.2. The Morgan fingerprint density at radius 1 is 1.15 bits per heavy atom. The summed E-state index contributed by atoms with van der Waals surface area (Å²) in [6.07, 6.45) is 0. The van der Waals surface area contributed by atoms with Gasteiger partial charge in [0.15, 0.2) is 11.0 Å². The number of hydrogen-bond acceptors (Lipinski definition) is 6. The number of hydrogen-bond donors (Lipinski definition) is 0. The molecule has 4 aromatic rings. The average Bonchev–Trinajstić information content (AvgIpc) is 3.05. The number of nitrogens with zero attached hydrogens (tertiary/aromatic N) is 4. The Balaban J connectivity index is 1.86. The maximum absolute atomic E-state index is 13.1. The molecule has 0 N–H and O–H groups in total. The smallest absolute Gasteiger partial charge is 0.266 e. The van der Waals surface area contributed by atoms with Crippen LogP contribution in [0.25, 0.3) is 16.6 Å². The van der Waals surface area contributed by atoms with Gasteiger partial charge in [0.05, 0.1) is 22.3 Å². The first-order valence-electron chi connectivity index (χ1n) is 7.81. The third-order valence-corrected chi connectivity index (χ3v) is 4.86. The Morgan fingerprint density at radius 3 is 2.77 bits per heavy atom. The highest BCUT2D eigenvalue weighted by Gasteiger charge is 2.15. The third-order valence-electron chi connectivity index (χ3n) is 3.71. The summed E-state index contributed by atoms with van der Waals surface area (Å²) in [7, 11) is 0. The molecule has 2 aromatic heterocycles. The van der Waals surface area contributed by atoms with Gasteiger partial charge in [0, 0.05) is 5.02 Å². The molecule has 0 unspecified atom stereocenters. The molecule has 2 aromatic carbocycles. The minimum absolute atomic E-state index is 0.151. The van der Waals surface area contributed by atoms with Gasteiger partial charge >= 0.3 is 0 Å². The van der Waals surface area contributed by atoms with E-state index in [2.05, 4.69) is 15.1 Å². The monoisotopic (exact) mass is 384 g/mol. The first-order chi connectivity index (χ1) is 12.6. The molecule has 130 valence electrons. The zero-order valence-electron chi connectivity index (χ0n) is 13.7. The van der Waals surface area contributed by atoms with E-state index in [0.29, 0.717) is 44.2 Å². The van der Waals surface area contributed by atoms with Gasteiger partial charge in [0.25, 0.3) is 5.56 Å². The number of aryl methyl sites for hydroxylation is 1. The van der Waals surface area contributed by atoms with Crippen molar-refractivity contribution in [1.29, 1.82) is 0 Å². The van der Waals surface area contributed by atoms with Gasteiger partial charge in [-0.25, -0.2) is 4.98 Å².